The minimum Gasteiger partial charge on any atom is -0.480 e. The number of hydrogen-bond donors (Lipinski definition) is 1. The highest BCUT2D eigenvalue weighted by molar-refractivity contribution is 7.98. The highest BCUT2D eigenvalue weighted by atomic mass is 32.2. The van der Waals surface area contributed by atoms with Gasteiger partial charge in [0.2, 0.25) is 5.95 Å². The van der Waals surface area contributed by atoms with E-state index in [1.54, 1.807) is 24.3 Å². The Bertz CT molecular complexity index is 1330. The van der Waals surface area contributed by atoms with Gasteiger partial charge in [0.25, 0.3) is 0 Å². The summed E-state index contributed by atoms with van der Waals surface area (Å²) < 4.78 is 8.59. The summed E-state index contributed by atoms with van der Waals surface area (Å²) in [5, 5.41) is 8.11. The third-order valence-electron chi connectivity index (χ3n) is 5.99. The van der Waals surface area contributed by atoms with E-state index >= 15 is 0 Å². The minimum absolute atomic E-state index is 0.184. The van der Waals surface area contributed by atoms with Crippen molar-refractivity contribution < 1.29 is 4.74 Å². The Balaban J connectivity index is 1.61. The molecule has 2 aromatic carbocycles. The zero-order chi connectivity index (χ0) is 21.7. The molecule has 0 spiro atoms. The van der Waals surface area contributed by atoms with Gasteiger partial charge in [-0.1, -0.05) is 29.8 Å². The molecule has 2 aromatic heterocycles. The number of ether oxygens (including phenoxy) is 1. The summed E-state index contributed by atoms with van der Waals surface area (Å²) in [6.45, 7) is 2.09. The zero-order valence-electron chi connectivity index (χ0n) is 17.7. The number of nitrogens with one attached hydrogen (secondary N) is 1. The minimum atomic E-state index is -0.272. The van der Waals surface area contributed by atoms with Gasteiger partial charge in [0.05, 0.1) is 5.70 Å². The quantitative estimate of drug-likeness (QED) is 0.439. The molecule has 0 saturated carbocycles. The SMILES string of the molecule is CSc1ccc([C@@H]2Oc3ccc(C)cc3C3=C2[C@@H](c2cccnc2)n2ncnc2N3)cc1. The fourth-order valence-electron chi connectivity index (χ4n) is 4.50. The summed E-state index contributed by atoms with van der Waals surface area (Å²) in [7, 11) is 0. The van der Waals surface area contributed by atoms with Gasteiger partial charge in [0, 0.05) is 28.4 Å². The lowest BCUT2D eigenvalue weighted by atomic mass is 9.85. The second-order valence-corrected chi connectivity index (χ2v) is 8.82. The Morgan fingerprint density at radius 1 is 1.06 bits per heavy atom. The van der Waals surface area contributed by atoms with Gasteiger partial charge in [-0.2, -0.15) is 10.1 Å². The Morgan fingerprint density at radius 2 is 1.94 bits per heavy atom. The molecular formula is C25H21N5OS. The van der Waals surface area contributed by atoms with Gasteiger partial charge in [0.1, 0.15) is 24.2 Å². The molecule has 0 aliphatic carbocycles. The highest BCUT2D eigenvalue weighted by Crippen LogP contribution is 2.50. The van der Waals surface area contributed by atoms with Crippen LogP contribution in [0.2, 0.25) is 0 Å². The van der Waals surface area contributed by atoms with Crippen LogP contribution >= 0.6 is 11.8 Å². The third-order valence-corrected chi connectivity index (χ3v) is 6.73. The van der Waals surface area contributed by atoms with E-state index in [-0.39, 0.29) is 12.1 Å². The van der Waals surface area contributed by atoms with Crippen LogP contribution in [-0.2, 0) is 0 Å². The van der Waals surface area contributed by atoms with Gasteiger partial charge in [-0.3, -0.25) is 4.98 Å². The lowest BCUT2D eigenvalue weighted by Gasteiger charge is -2.39. The molecule has 6 rings (SSSR count). The van der Waals surface area contributed by atoms with Crippen molar-refractivity contribution >= 4 is 23.4 Å². The van der Waals surface area contributed by atoms with Crippen LogP contribution < -0.4 is 10.1 Å². The molecule has 4 heterocycles. The average molecular weight is 440 g/mol. The number of aryl methyl sites for hydroxylation is 1. The van der Waals surface area contributed by atoms with Gasteiger partial charge in [-0.15, -0.1) is 11.8 Å². The number of pyridine rings is 1. The van der Waals surface area contributed by atoms with E-state index in [9.17, 15) is 0 Å². The van der Waals surface area contributed by atoms with Gasteiger partial charge < -0.3 is 10.1 Å². The number of anilines is 1. The first-order chi connectivity index (χ1) is 15.7. The fourth-order valence-corrected chi connectivity index (χ4v) is 4.90. The van der Waals surface area contributed by atoms with Crippen LogP contribution in [0, 0.1) is 6.92 Å². The molecule has 4 aromatic rings. The lowest BCUT2D eigenvalue weighted by Crippen LogP contribution is -2.32. The number of thioether (sulfide) groups is 1. The van der Waals surface area contributed by atoms with E-state index in [0.29, 0.717) is 5.95 Å². The van der Waals surface area contributed by atoms with Crippen LogP contribution in [0.5, 0.6) is 5.75 Å². The third kappa shape index (κ3) is 3.00. The molecule has 2 aliphatic heterocycles. The van der Waals surface area contributed by atoms with Crippen LogP contribution in [0.3, 0.4) is 0 Å². The summed E-state index contributed by atoms with van der Waals surface area (Å²) in [6.07, 6.45) is 7.08. The topological polar surface area (TPSA) is 64.9 Å². The van der Waals surface area contributed by atoms with Crippen LogP contribution in [0.25, 0.3) is 5.70 Å². The van der Waals surface area contributed by atoms with Crippen LogP contribution in [0.15, 0.2) is 83.8 Å². The van der Waals surface area contributed by atoms with Crippen molar-refractivity contribution in [2.45, 2.75) is 24.0 Å². The van der Waals surface area contributed by atoms with Crippen molar-refractivity contribution in [3.63, 3.8) is 0 Å². The van der Waals surface area contributed by atoms with E-state index in [0.717, 1.165) is 33.7 Å². The molecule has 0 amide bonds. The summed E-state index contributed by atoms with van der Waals surface area (Å²) in [5.41, 5.74) is 6.49. The van der Waals surface area contributed by atoms with Gasteiger partial charge in [-0.05, 0) is 54.6 Å². The standard InChI is InChI=1S/C25H21N5OS/c1-15-5-10-20-19(12-15)22-21(24(31-20)16-6-8-18(32-2)9-7-16)23(17-4-3-11-26-13-17)30-25(29-22)27-14-28-30/h3-14,23-24H,1-2H3,(H,27,28,29)/t23-,24+/m1/s1. The first kappa shape index (κ1) is 19.1. The predicted molar refractivity (Wildman–Crippen MR) is 126 cm³/mol. The highest BCUT2D eigenvalue weighted by Gasteiger charge is 2.41. The van der Waals surface area contributed by atoms with Crippen molar-refractivity contribution in [1.29, 1.82) is 0 Å². The van der Waals surface area contributed by atoms with E-state index in [1.807, 2.05) is 16.9 Å². The van der Waals surface area contributed by atoms with Gasteiger partial charge >= 0.3 is 0 Å². The monoisotopic (exact) mass is 439 g/mol. The second kappa shape index (κ2) is 7.53. The molecule has 7 heteroatoms. The molecule has 32 heavy (non-hydrogen) atoms. The smallest absolute Gasteiger partial charge is 0.226 e. The number of benzene rings is 2. The van der Waals surface area contributed by atoms with E-state index in [1.165, 1.54) is 10.5 Å². The predicted octanol–water partition coefficient (Wildman–Crippen LogP) is 5.26. The van der Waals surface area contributed by atoms with Crippen molar-refractivity contribution in [2.75, 3.05) is 11.6 Å². The number of nitrogens with zero attached hydrogens (tertiary/aromatic N) is 4. The Hall–Kier alpha value is -3.58. The molecule has 0 radical (unpaired) electrons. The first-order valence-corrected chi connectivity index (χ1v) is 11.7. The molecule has 0 fully saturated rings. The van der Waals surface area contributed by atoms with Crippen molar-refractivity contribution in [3.8, 4) is 5.75 Å². The molecule has 6 nitrogen and oxygen atoms in total. The van der Waals surface area contributed by atoms with Crippen LogP contribution in [0.4, 0.5) is 5.95 Å². The van der Waals surface area contributed by atoms with Crippen LogP contribution in [-0.4, -0.2) is 26.0 Å². The maximum Gasteiger partial charge on any atom is 0.226 e. The summed E-state index contributed by atoms with van der Waals surface area (Å²) in [5.74, 6) is 1.57. The largest absolute Gasteiger partial charge is 0.480 e. The maximum absolute atomic E-state index is 6.67. The van der Waals surface area contributed by atoms with Gasteiger partial charge in [-0.25, -0.2) is 4.68 Å². The molecule has 2 atom stereocenters. The van der Waals surface area contributed by atoms with E-state index < -0.39 is 0 Å². The van der Waals surface area contributed by atoms with E-state index in [2.05, 4.69) is 82.1 Å². The molecule has 1 N–H and O–H groups in total. The molecule has 158 valence electrons. The maximum atomic E-state index is 6.67. The van der Waals surface area contributed by atoms with Gasteiger partial charge in [0.15, 0.2) is 0 Å². The first-order valence-electron chi connectivity index (χ1n) is 10.4. The number of fused-ring (bicyclic) bond motifs is 3. The second-order valence-electron chi connectivity index (χ2n) is 7.94. The molecule has 0 unspecified atom stereocenters. The number of aromatic nitrogens is 4. The van der Waals surface area contributed by atoms with E-state index in [4.69, 9.17) is 4.74 Å². The fraction of sp³-hybridized carbons (Fsp3) is 0.160. The number of rotatable bonds is 3. The Kier molecular flexibility index (Phi) is 4.50. The molecule has 0 bridgehead atoms. The lowest BCUT2D eigenvalue weighted by molar-refractivity contribution is 0.223. The summed E-state index contributed by atoms with van der Waals surface area (Å²) >= 11 is 1.73. The Labute approximate surface area is 190 Å². The van der Waals surface area contributed by atoms with Crippen LogP contribution in [0.1, 0.15) is 34.4 Å². The Morgan fingerprint density at radius 3 is 2.72 bits per heavy atom. The number of hydrogen-bond acceptors (Lipinski definition) is 6. The van der Waals surface area contributed by atoms with Crippen molar-refractivity contribution in [2.24, 2.45) is 0 Å². The molecular weight excluding hydrogens is 418 g/mol. The molecule has 0 saturated heterocycles. The summed E-state index contributed by atoms with van der Waals surface area (Å²) in [6, 6.07) is 18.7. The van der Waals surface area contributed by atoms with Crippen molar-refractivity contribution in [3.05, 3.63) is 101 Å². The normalized spacial score (nSPS) is 18.8. The molecule has 2 aliphatic rings. The summed E-state index contributed by atoms with van der Waals surface area (Å²) in [4.78, 5) is 10.1. The van der Waals surface area contributed by atoms with Crippen molar-refractivity contribution in [1.82, 2.24) is 19.7 Å². The zero-order valence-corrected chi connectivity index (χ0v) is 18.5. The average Bonchev–Trinajstić information content (AvgIpc) is 3.31.